The van der Waals surface area contributed by atoms with Crippen molar-refractivity contribution in [2.45, 2.75) is 53.0 Å². The largest absolute Gasteiger partial charge is 0.382 e. The predicted molar refractivity (Wildman–Crippen MR) is 83.4 cm³/mol. The van der Waals surface area contributed by atoms with Gasteiger partial charge in [0.2, 0.25) is 0 Å². The van der Waals surface area contributed by atoms with Gasteiger partial charge < -0.3 is 5.32 Å². The lowest BCUT2D eigenvalue weighted by Crippen LogP contribution is -2.28. The van der Waals surface area contributed by atoms with Gasteiger partial charge in [-0.2, -0.15) is 5.10 Å². The summed E-state index contributed by atoms with van der Waals surface area (Å²) in [7, 11) is 0. The van der Waals surface area contributed by atoms with Crippen LogP contribution in [0.4, 0.5) is 5.69 Å². The van der Waals surface area contributed by atoms with Crippen LogP contribution in [0, 0.1) is 11.3 Å². The summed E-state index contributed by atoms with van der Waals surface area (Å²) in [6.45, 7) is 7.83. The summed E-state index contributed by atoms with van der Waals surface area (Å²) in [5.41, 5.74) is 0.766. The molecule has 0 bridgehead atoms. The molecule has 0 amide bonds. The summed E-state index contributed by atoms with van der Waals surface area (Å²) in [6.07, 6.45) is 6.72. The molecule has 0 spiro atoms. The summed E-state index contributed by atoms with van der Waals surface area (Å²) in [4.78, 5) is 12.1. The quantitative estimate of drug-likeness (QED) is 0.904. The Morgan fingerprint density at radius 2 is 2.10 bits per heavy atom. The molecule has 5 heteroatoms. The highest BCUT2D eigenvalue weighted by Gasteiger charge is 2.28. The normalized spacial score (nSPS) is 17.6. The Bertz CT molecular complexity index is 518. The Kier molecular flexibility index (Phi) is 4.74. The fourth-order valence-electron chi connectivity index (χ4n) is 2.78. The average molecular weight is 298 g/mol. The third-order valence-electron chi connectivity index (χ3n) is 4.04. The highest BCUT2D eigenvalue weighted by Crippen LogP contribution is 2.37. The summed E-state index contributed by atoms with van der Waals surface area (Å²) >= 11 is 6.18. The Balaban J connectivity index is 2.09. The molecule has 20 heavy (non-hydrogen) atoms. The molecule has 1 saturated carbocycles. The molecular formula is C15H24ClN3O. The highest BCUT2D eigenvalue weighted by atomic mass is 35.5. The van der Waals surface area contributed by atoms with Crippen LogP contribution in [-0.4, -0.2) is 16.3 Å². The summed E-state index contributed by atoms with van der Waals surface area (Å²) in [5.74, 6) is 0.368. The Morgan fingerprint density at radius 3 is 2.70 bits per heavy atom. The predicted octanol–water partition coefficient (Wildman–Crippen LogP) is 3.54. The van der Waals surface area contributed by atoms with Gasteiger partial charge in [0, 0.05) is 13.1 Å². The second-order valence-corrected chi connectivity index (χ2v) is 7.00. The van der Waals surface area contributed by atoms with Gasteiger partial charge in [-0.1, -0.05) is 45.2 Å². The zero-order valence-electron chi connectivity index (χ0n) is 12.6. The van der Waals surface area contributed by atoms with Crippen LogP contribution in [-0.2, 0) is 6.54 Å². The first-order valence-electron chi connectivity index (χ1n) is 7.41. The molecule has 1 aromatic heterocycles. The van der Waals surface area contributed by atoms with Crippen LogP contribution in [0.5, 0.6) is 0 Å². The second kappa shape index (κ2) is 6.17. The lowest BCUT2D eigenvalue weighted by molar-refractivity contribution is 0.362. The van der Waals surface area contributed by atoms with E-state index in [-0.39, 0.29) is 10.6 Å². The number of halogens is 1. The third kappa shape index (κ3) is 3.54. The van der Waals surface area contributed by atoms with E-state index in [0.29, 0.717) is 23.6 Å². The molecule has 0 radical (unpaired) electrons. The zero-order valence-corrected chi connectivity index (χ0v) is 13.3. The molecule has 112 valence electrons. The van der Waals surface area contributed by atoms with Crippen molar-refractivity contribution >= 4 is 17.3 Å². The SMILES string of the molecule is CC(C)Cn1ncc(NCC2(C)CCCC2)c(Cl)c1=O. The van der Waals surface area contributed by atoms with Gasteiger partial charge in [0.25, 0.3) is 5.56 Å². The van der Waals surface area contributed by atoms with Gasteiger partial charge in [0.05, 0.1) is 11.9 Å². The minimum Gasteiger partial charge on any atom is -0.382 e. The fourth-order valence-corrected chi connectivity index (χ4v) is 2.99. The van der Waals surface area contributed by atoms with E-state index >= 15 is 0 Å². The second-order valence-electron chi connectivity index (χ2n) is 6.62. The van der Waals surface area contributed by atoms with Crippen molar-refractivity contribution in [3.05, 3.63) is 21.6 Å². The van der Waals surface area contributed by atoms with Gasteiger partial charge in [0.1, 0.15) is 5.02 Å². The van der Waals surface area contributed by atoms with Crippen molar-refractivity contribution < 1.29 is 0 Å². The van der Waals surface area contributed by atoms with Crippen LogP contribution in [0.1, 0.15) is 46.5 Å². The van der Waals surface area contributed by atoms with Crippen LogP contribution in [0.2, 0.25) is 5.02 Å². The summed E-state index contributed by atoms with van der Waals surface area (Å²) in [6, 6.07) is 0. The smallest absolute Gasteiger partial charge is 0.287 e. The van der Waals surface area contributed by atoms with Crippen LogP contribution >= 0.6 is 11.6 Å². The van der Waals surface area contributed by atoms with E-state index in [2.05, 4.69) is 31.2 Å². The number of rotatable bonds is 5. The van der Waals surface area contributed by atoms with Gasteiger partial charge in [-0.05, 0) is 24.2 Å². The summed E-state index contributed by atoms with van der Waals surface area (Å²) < 4.78 is 1.44. The topological polar surface area (TPSA) is 46.9 Å². The number of anilines is 1. The van der Waals surface area contributed by atoms with Crippen LogP contribution in [0.3, 0.4) is 0 Å². The van der Waals surface area contributed by atoms with Gasteiger partial charge in [0.15, 0.2) is 0 Å². The molecule has 0 unspecified atom stereocenters. The van der Waals surface area contributed by atoms with Crippen LogP contribution in [0.15, 0.2) is 11.0 Å². The molecule has 1 heterocycles. The van der Waals surface area contributed by atoms with Crippen molar-refractivity contribution in [1.82, 2.24) is 9.78 Å². The number of aromatic nitrogens is 2. The van der Waals surface area contributed by atoms with E-state index in [9.17, 15) is 4.79 Å². The van der Waals surface area contributed by atoms with Crippen molar-refractivity contribution in [1.29, 1.82) is 0 Å². The fraction of sp³-hybridized carbons (Fsp3) is 0.733. The maximum atomic E-state index is 12.1. The van der Waals surface area contributed by atoms with E-state index in [0.717, 1.165) is 6.54 Å². The number of hydrogen-bond donors (Lipinski definition) is 1. The van der Waals surface area contributed by atoms with E-state index in [4.69, 9.17) is 11.6 Å². The molecule has 0 aliphatic heterocycles. The molecule has 2 rings (SSSR count). The van der Waals surface area contributed by atoms with Crippen molar-refractivity contribution in [2.75, 3.05) is 11.9 Å². The minimum atomic E-state index is -0.207. The molecule has 1 aliphatic carbocycles. The molecule has 4 nitrogen and oxygen atoms in total. The molecular weight excluding hydrogens is 274 g/mol. The molecule has 1 fully saturated rings. The lowest BCUT2D eigenvalue weighted by Gasteiger charge is -2.24. The lowest BCUT2D eigenvalue weighted by atomic mass is 9.89. The van der Waals surface area contributed by atoms with Crippen molar-refractivity contribution in [2.24, 2.45) is 11.3 Å². The van der Waals surface area contributed by atoms with E-state index in [1.807, 2.05) is 0 Å². The van der Waals surface area contributed by atoms with E-state index < -0.39 is 0 Å². The van der Waals surface area contributed by atoms with E-state index in [1.165, 1.54) is 30.4 Å². The van der Waals surface area contributed by atoms with Crippen LogP contribution in [0.25, 0.3) is 0 Å². The first-order chi connectivity index (χ1) is 9.41. The molecule has 1 aliphatic rings. The Labute approximate surface area is 125 Å². The molecule has 0 aromatic carbocycles. The number of nitrogens with one attached hydrogen (secondary N) is 1. The monoisotopic (exact) mass is 297 g/mol. The molecule has 0 atom stereocenters. The highest BCUT2D eigenvalue weighted by molar-refractivity contribution is 6.32. The Hall–Kier alpha value is -1.03. The first kappa shape index (κ1) is 15.4. The van der Waals surface area contributed by atoms with Crippen molar-refractivity contribution in [3.63, 3.8) is 0 Å². The molecule has 1 aromatic rings. The maximum Gasteiger partial charge on any atom is 0.287 e. The standard InChI is InChI=1S/C15H24ClN3O/c1-11(2)9-19-14(20)13(16)12(8-18-19)17-10-15(3)6-4-5-7-15/h8,11,17H,4-7,9-10H2,1-3H3. The van der Waals surface area contributed by atoms with Gasteiger partial charge >= 0.3 is 0 Å². The summed E-state index contributed by atoms with van der Waals surface area (Å²) in [5, 5.41) is 7.77. The minimum absolute atomic E-state index is 0.207. The molecule has 1 N–H and O–H groups in total. The van der Waals surface area contributed by atoms with Gasteiger partial charge in [-0.3, -0.25) is 4.79 Å². The van der Waals surface area contributed by atoms with Gasteiger partial charge in [-0.15, -0.1) is 0 Å². The van der Waals surface area contributed by atoms with E-state index in [1.54, 1.807) is 6.20 Å². The first-order valence-corrected chi connectivity index (χ1v) is 7.78. The average Bonchev–Trinajstić information content (AvgIpc) is 2.81. The third-order valence-corrected chi connectivity index (χ3v) is 4.40. The Morgan fingerprint density at radius 1 is 1.45 bits per heavy atom. The number of nitrogens with zero attached hydrogens (tertiary/aromatic N) is 2. The zero-order chi connectivity index (χ0) is 14.8. The maximum absolute atomic E-state index is 12.1. The molecule has 0 saturated heterocycles. The van der Waals surface area contributed by atoms with Crippen molar-refractivity contribution in [3.8, 4) is 0 Å². The van der Waals surface area contributed by atoms with Gasteiger partial charge in [-0.25, -0.2) is 4.68 Å². The number of hydrogen-bond acceptors (Lipinski definition) is 3. The van der Waals surface area contributed by atoms with Crippen LogP contribution < -0.4 is 10.9 Å².